The van der Waals surface area contributed by atoms with Crippen LogP contribution in [0.1, 0.15) is 48.7 Å². The average Bonchev–Trinajstić information content (AvgIpc) is 3.29. The monoisotopic (exact) mass is 336 g/mol. The summed E-state index contributed by atoms with van der Waals surface area (Å²) in [4.78, 5) is 11.6. The molecular formula is C19H24N6. The van der Waals surface area contributed by atoms with E-state index in [-0.39, 0.29) is 0 Å². The van der Waals surface area contributed by atoms with Crippen molar-refractivity contribution in [1.29, 1.82) is 0 Å². The molecule has 0 aromatic carbocycles. The van der Waals surface area contributed by atoms with Gasteiger partial charge >= 0.3 is 0 Å². The van der Waals surface area contributed by atoms with E-state index in [2.05, 4.69) is 37.9 Å². The SMILES string of the molecule is c1nc2cc(CN3CCC(c4ncc5n4CCCC5)CC3)ccn2n1. The summed E-state index contributed by atoms with van der Waals surface area (Å²) in [7, 11) is 0. The molecule has 0 unspecified atom stereocenters. The van der Waals surface area contributed by atoms with Crippen LogP contribution < -0.4 is 0 Å². The van der Waals surface area contributed by atoms with Gasteiger partial charge in [-0.1, -0.05) is 0 Å². The molecule has 2 aliphatic heterocycles. The number of hydrogen-bond acceptors (Lipinski definition) is 4. The third kappa shape index (κ3) is 2.84. The maximum Gasteiger partial charge on any atom is 0.155 e. The summed E-state index contributed by atoms with van der Waals surface area (Å²) in [6, 6.07) is 4.29. The van der Waals surface area contributed by atoms with Gasteiger partial charge in [-0.25, -0.2) is 14.5 Å². The lowest BCUT2D eigenvalue weighted by Gasteiger charge is -2.32. The molecular weight excluding hydrogens is 312 g/mol. The van der Waals surface area contributed by atoms with E-state index in [1.807, 2.05) is 10.7 Å². The molecule has 2 aliphatic rings. The van der Waals surface area contributed by atoms with Crippen molar-refractivity contribution in [2.24, 2.45) is 0 Å². The highest BCUT2D eigenvalue weighted by Gasteiger charge is 2.26. The summed E-state index contributed by atoms with van der Waals surface area (Å²) in [6.45, 7) is 4.45. The summed E-state index contributed by atoms with van der Waals surface area (Å²) in [5.41, 5.74) is 3.69. The second-order valence-electron chi connectivity index (χ2n) is 7.36. The number of hydrogen-bond donors (Lipinski definition) is 0. The van der Waals surface area contributed by atoms with Crippen LogP contribution >= 0.6 is 0 Å². The van der Waals surface area contributed by atoms with Gasteiger partial charge in [-0.2, -0.15) is 5.10 Å². The molecule has 5 rings (SSSR count). The molecule has 5 heterocycles. The Morgan fingerprint density at radius 2 is 2.00 bits per heavy atom. The lowest BCUT2D eigenvalue weighted by molar-refractivity contribution is 0.199. The Kier molecular flexibility index (Phi) is 3.77. The fraction of sp³-hybridized carbons (Fsp3) is 0.526. The van der Waals surface area contributed by atoms with E-state index in [4.69, 9.17) is 4.98 Å². The normalized spacial score (nSPS) is 19.4. The zero-order valence-electron chi connectivity index (χ0n) is 14.5. The van der Waals surface area contributed by atoms with E-state index < -0.39 is 0 Å². The molecule has 0 amide bonds. The zero-order valence-corrected chi connectivity index (χ0v) is 14.5. The number of fused-ring (bicyclic) bond motifs is 2. The smallest absolute Gasteiger partial charge is 0.155 e. The van der Waals surface area contributed by atoms with Crippen LogP contribution in [0.3, 0.4) is 0 Å². The van der Waals surface area contributed by atoms with Crippen molar-refractivity contribution in [1.82, 2.24) is 29.0 Å². The molecule has 0 bridgehead atoms. The first-order valence-electron chi connectivity index (χ1n) is 9.42. The quantitative estimate of drug-likeness (QED) is 0.738. The summed E-state index contributed by atoms with van der Waals surface area (Å²) in [6.07, 6.45) is 12.0. The Balaban J connectivity index is 1.24. The number of rotatable bonds is 3. The Labute approximate surface area is 147 Å². The van der Waals surface area contributed by atoms with E-state index in [1.165, 1.54) is 55.7 Å². The van der Waals surface area contributed by atoms with Crippen LogP contribution in [-0.4, -0.2) is 42.1 Å². The highest BCUT2D eigenvalue weighted by Crippen LogP contribution is 2.30. The van der Waals surface area contributed by atoms with Gasteiger partial charge in [-0.3, -0.25) is 4.90 Å². The lowest BCUT2D eigenvalue weighted by atomic mass is 9.95. The van der Waals surface area contributed by atoms with Gasteiger partial charge in [0.2, 0.25) is 0 Å². The molecule has 0 saturated carbocycles. The average molecular weight is 336 g/mol. The minimum absolute atomic E-state index is 0.627. The summed E-state index contributed by atoms with van der Waals surface area (Å²) in [5, 5.41) is 4.16. The van der Waals surface area contributed by atoms with Crippen LogP contribution in [0.2, 0.25) is 0 Å². The molecule has 6 nitrogen and oxygen atoms in total. The predicted molar refractivity (Wildman–Crippen MR) is 95.4 cm³/mol. The number of imidazole rings is 1. The maximum atomic E-state index is 4.79. The number of piperidine rings is 1. The van der Waals surface area contributed by atoms with E-state index >= 15 is 0 Å². The van der Waals surface area contributed by atoms with Crippen LogP contribution in [-0.2, 0) is 19.5 Å². The van der Waals surface area contributed by atoms with Gasteiger partial charge in [-0.05, 0) is 62.9 Å². The summed E-state index contributed by atoms with van der Waals surface area (Å²) in [5.74, 6) is 1.97. The number of pyridine rings is 1. The minimum atomic E-state index is 0.627. The van der Waals surface area contributed by atoms with Crippen molar-refractivity contribution >= 4 is 5.65 Å². The fourth-order valence-electron chi connectivity index (χ4n) is 4.35. The first kappa shape index (κ1) is 15.1. The highest BCUT2D eigenvalue weighted by atomic mass is 15.3. The molecule has 130 valence electrons. The lowest BCUT2D eigenvalue weighted by Crippen LogP contribution is -2.33. The third-order valence-electron chi connectivity index (χ3n) is 5.74. The van der Waals surface area contributed by atoms with Crippen LogP contribution in [0.5, 0.6) is 0 Å². The van der Waals surface area contributed by atoms with Gasteiger partial charge in [0.15, 0.2) is 5.65 Å². The molecule has 6 heteroatoms. The molecule has 0 N–H and O–H groups in total. The third-order valence-corrected chi connectivity index (χ3v) is 5.74. The van der Waals surface area contributed by atoms with Gasteiger partial charge in [0.1, 0.15) is 12.2 Å². The number of aryl methyl sites for hydroxylation is 1. The number of aromatic nitrogens is 5. The van der Waals surface area contributed by atoms with Crippen molar-refractivity contribution in [3.8, 4) is 0 Å². The molecule has 1 saturated heterocycles. The van der Waals surface area contributed by atoms with Crippen molar-refractivity contribution < 1.29 is 0 Å². The Morgan fingerprint density at radius 3 is 2.92 bits per heavy atom. The molecule has 0 atom stereocenters. The van der Waals surface area contributed by atoms with Crippen LogP contribution in [0.25, 0.3) is 5.65 Å². The van der Waals surface area contributed by atoms with Crippen molar-refractivity contribution in [3.05, 3.63) is 47.9 Å². The summed E-state index contributed by atoms with van der Waals surface area (Å²) < 4.78 is 4.32. The van der Waals surface area contributed by atoms with Crippen molar-refractivity contribution in [2.45, 2.75) is 51.1 Å². The van der Waals surface area contributed by atoms with E-state index in [0.717, 1.165) is 25.3 Å². The second kappa shape index (κ2) is 6.26. The van der Waals surface area contributed by atoms with E-state index in [1.54, 1.807) is 6.33 Å². The first-order valence-corrected chi connectivity index (χ1v) is 9.42. The van der Waals surface area contributed by atoms with Gasteiger partial charge in [0.25, 0.3) is 0 Å². The van der Waals surface area contributed by atoms with Crippen LogP contribution in [0.15, 0.2) is 30.9 Å². The molecule has 1 fully saturated rings. The molecule has 3 aromatic rings. The topological polar surface area (TPSA) is 51.2 Å². The molecule has 3 aromatic heterocycles. The molecule has 0 aliphatic carbocycles. The Bertz CT molecular complexity index is 871. The first-order chi connectivity index (χ1) is 12.4. The highest BCUT2D eigenvalue weighted by molar-refractivity contribution is 5.39. The van der Waals surface area contributed by atoms with Crippen molar-refractivity contribution in [3.63, 3.8) is 0 Å². The Morgan fingerprint density at radius 1 is 1.08 bits per heavy atom. The zero-order chi connectivity index (χ0) is 16.6. The predicted octanol–water partition coefficient (Wildman–Crippen LogP) is 2.64. The number of likely N-dealkylation sites (tertiary alicyclic amines) is 1. The standard InChI is InChI=1S/C19H24N6/c1-2-7-24-17(3-1)12-20-19(24)16-5-8-23(9-6-16)13-15-4-10-25-18(11-15)21-14-22-25/h4,10-12,14,16H,1-3,5-9,13H2. The van der Waals surface area contributed by atoms with Gasteiger partial charge in [-0.15, -0.1) is 0 Å². The largest absolute Gasteiger partial charge is 0.332 e. The maximum absolute atomic E-state index is 4.79. The minimum Gasteiger partial charge on any atom is -0.332 e. The fourth-order valence-corrected chi connectivity index (χ4v) is 4.35. The van der Waals surface area contributed by atoms with Crippen molar-refractivity contribution in [2.75, 3.05) is 13.1 Å². The van der Waals surface area contributed by atoms with E-state index in [9.17, 15) is 0 Å². The van der Waals surface area contributed by atoms with Gasteiger partial charge < -0.3 is 4.57 Å². The Hall–Kier alpha value is -2.21. The number of nitrogens with zero attached hydrogens (tertiary/aromatic N) is 6. The summed E-state index contributed by atoms with van der Waals surface area (Å²) >= 11 is 0. The molecule has 0 radical (unpaired) electrons. The second-order valence-corrected chi connectivity index (χ2v) is 7.36. The molecule has 0 spiro atoms. The van der Waals surface area contributed by atoms with Gasteiger partial charge in [0, 0.05) is 37.1 Å². The van der Waals surface area contributed by atoms with Gasteiger partial charge in [0.05, 0.1) is 0 Å². The van der Waals surface area contributed by atoms with Crippen LogP contribution in [0.4, 0.5) is 0 Å². The van der Waals surface area contributed by atoms with E-state index in [0.29, 0.717) is 5.92 Å². The van der Waals surface area contributed by atoms with Crippen LogP contribution in [0, 0.1) is 0 Å². The molecule has 25 heavy (non-hydrogen) atoms.